The van der Waals surface area contributed by atoms with Gasteiger partial charge in [-0.1, -0.05) is 23.7 Å². The number of rotatable bonds is 3. The molecule has 0 unspecified atom stereocenters. The predicted octanol–water partition coefficient (Wildman–Crippen LogP) is 4.47. The summed E-state index contributed by atoms with van der Waals surface area (Å²) in [6.45, 7) is 2.91. The minimum absolute atomic E-state index is 0.0342. The molecule has 6 nitrogen and oxygen atoms in total. The van der Waals surface area contributed by atoms with Crippen LogP contribution in [0.3, 0.4) is 0 Å². The molecule has 2 heterocycles. The van der Waals surface area contributed by atoms with Gasteiger partial charge in [0.25, 0.3) is 0 Å². The molecular formula is C25H24ClNO5. The number of ether oxygens (including phenoxy) is 2. The summed E-state index contributed by atoms with van der Waals surface area (Å²) in [6.07, 6.45) is 4.72. The normalized spacial score (nSPS) is 17.2. The van der Waals surface area contributed by atoms with Crippen molar-refractivity contribution in [3.05, 3.63) is 69.8 Å². The number of hydrogen-bond donors (Lipinski definition) is 0. The summed E-state index contributed by atoms with van der Waals surface area (Å²) in [5.41, 5.74) is 2.08. The lowest BCUT2D eigenvalue weighted by Gasteiger charge is -2.44. The molecule has 32 heavy (non-hydrogen) atoms. The number of aryl methyl sites for hydroxylation is 1. The minimum atomic E-state index is -0.577. The van der Waals surface area contributed by atoms with Crippen LogP contribution < -0.4 is 4.74 Å². The van der Waals surface area contributed by atoms with E-state index in [1.54, 1.807) is 47.4 Å². The number of hydrogen-bond acceptors (Lipinski definition) is 5. The summed E-state index contributed by atoms with van der Waals surface area (Å²) in [5, 5.41) is 0.529. The molecule has 0 N–H and O–H groups in total. The highest BCUT2D eigenvalue weighted by atomic mass is 35.5. The Morgan fingerprint density at radius 2 is 1.84 bits per heavy atom. The number of halogens is 1. The lowest BCUT2D eigenvalue weighted by atomic mass is 9.82. The molecule has 1 fully saturated rings. The van der Waals surface area contributed by atoms with Crippen LogP contribution in [0.4, 0.5) is 0 Å². The molecule has 2 aliphatic heterocycles. The average Bonchev–Trinajstić information content (AvgIpc) is 2.79. The van der Waals surface area contributed by atoms with Crippen molar-refractivity contribution in [3.63, 3.8) is 0 Å². The Bertz CT molecular complexity index is 1100. The molecule has 0 bridgehead atoms. The zero-order chi connectivity index (χ0) is 22.9. The zero-order valence-electron chi connectivity index (χ0n) is 18.0. The van der Waals surface area contributed by atoms with Gasteiger partial charge >= 0.3 is 5.97 Å². The van der Waals surface area contributed by atoms with Crippen LogP contribution >= 0.6 is 11.6 Å². The predicted molar refractivity (Wildman–Crippen MR) is 121 cm³/mol. The Kier molecular flexibility index (Phi) is 6.07. The smallest absolute Gasteiger partial charge is 0.337 e. The van der Waals surface area contributed by atoms with Crippen LogP contribution in [0.25, 0.3) is 6.08 Å². The van der Waals surface area contributed by atoms with Crippen molar-refractivity contribution in [2.24, 2.45) is 0 Å². The van der Waals surface area contributed by atoms with Gasteiger partial charge in [0.1, 0.15) is 11.4 Å². The van der Waals surface area contributed by atoms with E-state index in [1.165, 1.54) is 13.2 Å². The van der Waals surface area contributed by atoms with E-state index >= 15 is 0 Å². The van der Waals surface area contributed by atoms with Gasteiger partial charge in [-0.05, 0) is 48.4 Å². The number of carbonyl (C=O) groups is 3. The molecular weight excluding hydrogens is 430 g/mol. The highest BCUT2D eigenvalue weighted by Gasteiger charge is 2.44. The van der Waals surface area contributed by atoms with E-state index in [0.717, 1.165) is 11.1 Å². The number of methoxy groups -OCH3 is 1. The number of esters is 1. The molecule has 2 aliphatic rings. The summed E-state index contributed by atoms with van der Waals surface area (Å²) < 4.78 is 11.0. The number of nitrogens with zero attached hydrogens (tertiary/aromatic N) is 1. The topological polar surface area (TPSA) is 72.9 Å². The molecule has 1 amide bonds. The zero-order valence-corrected chi connectivity index (χ0v) is 18.8. The van der Waals surface area contributed by atoms with Gasteiger partial charge in [0.15, 0.2) is 5.78 Å². The third kappa shape index (κ3) is 4.41. The van der Waals surface area contributed by atoms with Crippen molar-refractivity contribution < 1.29 is 23.9 Å². The number of amides is 1. The molecule has 0 aromatic heterocycles. The number of benzene rings is 2. The van der Waals surface area contributed by atoms with Crippen LogP contribution in [0.15, 0.2) is 42.5 Å². The first-order valence-electron chi connectivity index (χ1n) is 10.5. The summed E-state index contributed by atoms with van der Waals surface area (Å²) >= 11 is 6.10. The van der Waals surface area contributed by atoms with Gasteiger partial charge in [-0.25, -0.2) is 4.79 Å². The van der Waals surface area contributed by atoms with Crippen molar-refractivity contribution >= 4 is 35.3 Å². The fourth-order valence-corrected chi connectivity index (χ4v) is 4.52. The van der Waals surface area contributed by atoms with E-state index in [0.29, 0.717) is 54.3 Å². The molecule has 4 rings (SSSR count). The minimum Gasteiger partial charge on any atom is -0.486 e. The van der Waals surface area contributed by atoms with Gasteiger partial charge in [0, 0.05) is 37.0 Å². The SMILES string of the molecule is COC(=O)c1ccc(/C=C/C(=O)N2CCC3(CC2)CC(=O)c2cc(Cl)cc(C)c2O3)cc1. The van der Waals surface area contributed by atoms with E-state index in [1.807, 2.05) is 6.92 Å². The summed E-state index contributed by atoms with van der Waals surface area (Å²) in [5.74, 6) is 0.151. The molecule has 7 heteroatoms. The molecule has 1 spiro atoms. The quantitative estimate of drug-likeness (QED) is 0.506. The van der Waals surface area contributed by atoms with Crippen molar-refractivity contribution in [1.29, 1.82) is 0 Å². The Morgan fingerprint density at radius 1 is 1.16 bits per heavy atom. The summed E-state index contributed by atoms with van der Waals surface area (Å²) in [7, 11) is 1.33. The van der Waals surface area contributed by atoms with E-state index in [4.69, 9.17) is 16.3 Å². The molecule has 2 aromatic rings. The first-order valence-corrected chi connectivity index (χ1v) is 10.9. The first-order chi connectivity index (χ1) is 15.3. The standard InChI is InChI=1S/C25H24ClNO5/c1-16-13-19(26)14-20-21(28)15-25(32-23(16)20)9-11-27(12-10-25)22(29)8-5-17-3-6-18(7-4-17)24(30)31-2/h3-8,13-14H,9-12,15H2,1-2H3/b8-5+. The van der Waals surface area contributed by atoms with Crippen LogP contribution in [-0.4, -0.2) is 48.4 Å². The van der Waals surface area contributed by atoms with Crippen molar-refractivity contribution in [1.82, 2.24) is 4.90 Å². The first kappa shape index (κ1) is 22.1. The lowest BCUT2D eigenvalue weighted by Crippen LogP contribution is -2.52. The average molecular weight is 454 g/mol. The monoisotopic (exact) mass is 453 g/mol. The lowest BCUT2D eigenvalue weighted by molar-refractivity contribution is -0.129. The van der Waals surface area contributed by atoms with Gasteiger partial charge in [0.2, 0.25) is 5.91 Å². The molecule has 0 aliphatic carbocycles. The van der Waals surface area contributed by atoms with Gasteiger partial charge in [-0.15, -0.1) is 0 Å². The number of piperidine rings is 1. The molecule has 166 valence electrons. The number of fused-ring (bicyclic) bond motifs is 1. The van der Waals surface area contributed by atoms with E-state index in [9.17, 15) is 14.4 Å². The van der Waals surface area contributed by atoms with Gasteiger partial charge < -0.3 is 14.4 Å². The van der Waals surface area contributed by atoms with Crippen LogP contribution in [-0.2, 0) is 9.53 Å². The maximum Gasteiger partial charge on any atom is 0.337 e. The molecule has 2 aromatic carbocycles. The highest BCUT2D eigenvalue weighted by molar-refractivity contribution is 6.31. The van der Waals surface area contributed by atoms with Crippen LogP contribution in [0.5, 0.6) is 5.75 Å². The van der Waals surface area contributed by atoms with Crippen molar-refractivity contribution in [3.8, 4) is 5.75 Å². The van der Waals surface area contributed by atoms with Crippen LogP contribution in [0.1, 0.15) is 51.1 Å². The van der Waals surface area contributed by atoms with E-state index in [-0.39, 0.29) is 11.7 Å². The second-order valence-corrected chi connectivity index (χ2v) is 8.69. The second-order valence-electron chi connectivity index (χ2n) is 8.26. The largest absolute Gasteiger partial charge is 0.486 e. The maximum atomic E-state index is 12.8. The Hall–Kier alpha value is -3.12. The van der Waals surface area contributed by atoms with Gasteiger partial charge in [-0.3, -0.25) is 9.59 Å². The van der Waals surface area contributed by atoms with E-state index in [2.05, 4.69) is 4.74 Å². The second kappa shape index (κ2) is 8.79. The van der Waals surface area contributed by atoms with Gasteiger partial charge in [-0.2, -0.15) is 0 Å². The number of likely N-dealkylation sites (tertiary alicyclic amines) is 1. The van der Waals surface area contributed by atoms with Gasteiger partial charge in [0.05, 0.1) is 24.7 Å². The fraction of sp³-hybridized carbons (Fsp3) is 0.320. The number of carbonyl (C=O) groups excluding carboxylic acids is 3. The third-order valence-electron chi connectivity index (χ3n) is 6.08. The highest BCUT2D eigenvalue weighted by Crippen LogP contribution is 2.42. The summed E-state index contributed by atoms with van der Waals surface area (Å²) in [4.78, 5) is 38.7. The Balaban J connectivity index is 1.39. The number of Topliss-reactive ketones (excluding diaryl/α,β-unsaturated/α-hetero) is 1. The fourth-order valence-electron chi connectivity index (χ4n) is 4.25. The summed E-state index contributed by atoms with van der Waals surface area (Å²) in [6, 6.07) is 10.3. The van der Waals surface area contributed by atoms with Crippen LogP contribution in [0.2, 0.25) is 5.02 Å². The van der Waals surface area contributed by atoms with Crippen molar-refractivity contribution in [2.45, 2.75) is 31.8 Å². The van der Waals surface area contributed by atoms with Crippen LogP contribution in [0, 0.1) is 6.92 Å². The number of ketones is 1. The van der Waals surface area contributed by atoms with Crippen molar-refractivity contribution in [2.75, 3.05) is 20.2 Å². The molecule has 0 radical (unpaired) electrons. The molecule has 1 saturated heterocycles. The molecule has 0 atom stereocenters. The Labute approximate surface area is 191 Å². The third-order valence-corrected chi connectivity index (χ3v) is 6.30. The Morgan fingerprint density at radius 3 is 2.50 bits per heavy atom. The van der Waals surface area contributed by atoms with E-state index < -0.39 is 11.6 Å². The molecule has 0 saturated carbocycles. The maximum absolute atomic E-state index is 12.8.